The van der Waals surface area contributed by atoms with Gasteiger partial charge in [-0.3, -0.25) is 9.59 Å². The summed E-state index contributed by atoms with van der Waals surface area (Å²) in [6.07, 6.45) is -5.27. The number of ether oxygens (including phenoxy) is 1. The van der Waals surface area contributed by atoms with Gasteiger partial charge >= 0.3 is 6.18 Å². The zero-order chi connectivity index (χ0) is 30.9. The van der Waals surface area contributed by atoms with Crippen LogP contribution in [-0.4, -0.2) is 52.0 Å². The van der Waals surface area contributed by atoms with Gasteiger partial charge in [0.05, 0.1) is 16.5 Å². The van der Waals surface area contributed by atoms with E-state index >= 15 is 0 Å². The number of benzene rings is 1. The van der Waals surface area contributed by atoms with Crippen LogP contribution in [0.1, 0.15) is 65.8 Å². The number of nitrogens with zero attached hydrogens (tertiary/aromatic N) is 2. The first-order valence-electron chi connectivity index (χ1n) is 13.8. The minimum absolute atomic E-state index is 0.0328. The third-order valence-corrected chi connectivity index (χ3v) is 8.44. The molecular weight excluding hydrogens is 620 g/mol. The van der Waals surface area contributed by atoms with Gasteiger partial charge in [-0.15, -0.1) is 0 Å². The number of hydrogen-bond acceptors (Lipinski definition) is 5. The molecule has 2 aromatic heterocycles. The topological polar surface area (TPSA) is 109 Å². The van der Waals surface area contributed by atoms with Crippen LogP contribution in [0.4, 0.5) is 22.0 Å². The first-order valence-corrected chi connectivity index (χ1v) is 14.6. The monoisotopic (exact) mass is 647 g/mol. The molecule has 5 rings (SSSR count). The first kappa shape index (κ1) is 31.2. The molecule has 2 amide bonds. The molecule has 2 heterocycles. The van der Waals surface area contributed by atoms with Crippen LogP contribution < -0.4 is 15.4 Å². The molecule has 15 heteroatoms. The van der Waals surface area contributed by atoms with E-state index in [1.54, 1.807) is 12.1 Å². The third-order valence-electron chi connectivity index (χ3n) is 7.61. The van der Waals surface area contributed by atoms with E-state index in [1.165, 1.54) is 6.07 Å². The molecule has 8 nitrogen and oxygen atoms in total. The van der Waals surface area contributed by atoms with Gasteiger partial charge in [-0.2, -0.15) is 18.2 Å². The Morgan fingerprint density at radius 3 is 2.44 bits per heavy atom. The standard InChI is InChI=1S/C28H28Cl2F5N5O3/c29-19-8-3-14(11-36-25(41)13-1-2-13)23(30)17(19)10-22-38-20-9-18(27(40-24(20)39-22)43-12-21(31)32)26(42)37-16-6-4-15(5-7-16)28(33,34)35/h3,8-9,13,15-16,21H,1-2,4-7,10-12H2,(H,36,41)(H,37,42)(H,38,39,40). The van der Waals surface area contributed by atoms with Crippen LogP contribution in [0.25, 0.3) is 11.2 Å². The van der Waals surface area contributed by atoms with Crippen molar-refractivity contribution in [3.8, 4) is 5.88 Å². The van der Waals surface area contributed by atoms with Crippen molar-refractivity contribution in [1.82, 2.24) is 25.6 Å². The van der Waals surface area contributed by atoms with Crippen LogP contribution in [0.5, 0.6) is 5.88 Å². The fraction of sp³-hybridized carbons (Fsp3) is 0.500. The van der Waals surface area contributed by atoms with E-state index in [2.05, 4.69) is 25.6 Å². The zero-order valence-electron chi connectivity index (χ0n) is 22.7. The number of H-pyrrole nitrogens is 1. The highest BCUT2D eigenvalue weighted by molar-refractivity contribution is 6.36. The van der Waals surface area contributed by atoms with Gasteiger partial charge < -0.3 is 20.4 Å². The van der Waals surface area contributed by atoms with Gasteiger partial charge in [0.15, 0.2) is 12.3 Å². The lowest BCUT2D eigenvalue weighted by atomic mass is 9.85. The van der Waals surface area contributed by atoms with Crippen molar-refractivity contribution < 1.29 is 36.3 Å². The number of carbonyl (C=O) groups excluding carboxylic acids is 2. The van der Waals surface area contributed by atoms with Gasteiger partial charge in [-0.1, -0.05) is 29.3 Å². The highest BCUT2D eigenvalue weighted by atomic mass is 35.5. The van der Waals surface area contributed by atoms with Gasteiger partial charge in [0, 0.05) is 29.9 Å². The molecule has 0 aliphatic heterocycles. The molecule has 2 aliphatic rings. The summed E-state index contributed by atoms with van der Waals surface area (Å²) in [6.45, 7) is -0.802. The normalized spacial score (nSPS) is 19.1. The van der Waals surface area contributed by atoms with Crippen LogP contribution in [0.15, 0.2) is 18.2 Å². The van der Waals surface area contributed by atoms with Crippen molar-refractivity contribution in [2.24, 2.45) is 11.8 Å². The Morgan fingerprint density at radius 2 is 1.79 bits per heavy atom. The summed E-state index contributed by atoms with van der Waals surface area (Å²) in [6, 6.07) is 4.20. The summed E-state index contributed by atoms with van der Waals surface area (Å²) in [5.41, 5.74) is 1.41. The summed E-state index contributed by atoms with van der Waals surface area (Å²) in [5, 5.41) is 6.25. The maximum absolute atomic E-state index is 13.1. The zero-order valence-corrected chi connectivity index (χ0v) is 24.2. The molecule has 0 radical (unpaired) electrons. The SMILES string of the molecule is O=C(NC1CCC(C(F)(F)F)CC1)c1cc2[nH]c(Cc3c(Cl)ccc(CNC(=O)C4CC4)c3Cl)nc2nc1OCC(F)F. The minimum atomic E-state index is -4.29. The number of carbonyl (C=O) groups is 2. The van der Waals surface area contributed by atoms with E-state index < -0.39 is 37.1 Å². The lowest BCUT2D eigenvalue weighted by Crippen LogP contribution is -2.40. The van der Waals surface area contributed by atoms with Crippen molar-refractivity contribution >= 4 is 46.2 Å². The summed E-state index contributed by atoms with van der Waals surface area (Å²) in [5.74, 6) is -2.15. The Kier molecular flexibility index (Phi) is 9.31. The number of aromatic nitrogens is 3. The smallest absolute Gasteiger partial charge is 0.391 e. The van der Waals surface area contributed by atoms with Gasteiger partial charge in [0.1, 0.15) is 11.4 Å². The Hall–Kier alpha value is -3.19. The van der Waals surface area contributed by atoms with Crippen molar-refractivity contribution in [3.63, 3.8) is 0 Å². The molecule has 2 fully saturated rings. The van der Waals surface area contributed by atoms with E-state index in [9.17, 15) is 31.5 Å². The Bertz CT molecular complexity index is 1500. The van der Waals surface area contributed by atoms with Crippen LogP contribution in [0, 0.1) is 11.8 Å². The van der Waals surface area contributed by atoms with E-state index in [-0.39, 0.29) is 67.6 Å². The number of halogens is 7. The number of alkyl halides is 5. The molecule has 0 saturated heterocycles. The molecule has 2 aliphatic carbocycles. The maximum Gasteiger partial charge on any atom is 0.391 e. The van der Waals surface area contributed by atoms with E-state index in [0.717, 1.165) is 12.8 Å². The molecular formula is C28H28Cl2F5N5O3. The summed E-state index contributed by atoms with van der Waals surface area (Å²) in [7, 11) is 0. The average Bonchev–Trinajstić information content (AvgIpc) is 3.73. The maximum atomic E-state index is 13.1. The Balaban J connectivity index is 1.35. The second kappa shape index (κ2) is 12.8. The van der Waals surface area contributed by atoms with Crippen LogP contribution >= 0.6 is 23.2 Å². The second-order valence-corrected chi connectivity index (χ2v) is 11.6. The molecule has 43 heavy (non-hydrogen) atoms. The number of amides is 2. The molecule has 0 spiro atoms. The molecule has 2 saturated carbocycles. The van der Waals surface area contributed by atoms with Gasteiger partial charge in [0.2, 0.25) is 11.8 Å². The molecule has 1 aromatic carbocycles. The van der Waals surface area contributed by atoms with Crippen LogP contribution in [0.3, 0.4) is 0 Å². The quantitative estimate of drug-likeness (QED) is 0.221. The van der Waals surface area contributed by atoms with Crippen molar-refractivity contribution in [2.75, 3.05) is 6.61 Å². The van der Waals surface area contributed by atoms with Gasteiger partial charge in [0.25, 0.3) is 12.3 Å². The van der Waals surface area contributed by atoms with E-state index in [1.807, 2.05) is 0 Å². The van der Waals surface area contributed by atoms with E-state index in [4.69, 9.17) is 27.9 Å². The van der Waals surface area contributed by atoms with Crippen molar-refractivity contribution in [3.05, 3.63) is 50.8 Å². The second-order valence-electron chi connectivity index (χ2n) is 10.8. The molecule has 0 bridgehead atoms. The highest BCUT2D eigenvalue weighted by Gasteiger charge is 2.41. The van der Waals surface area contributed by atoms with Crippen LogP contribution in [-0.2, 0) is 17.8 Å². The number of aromatic amines is 1. The number of nitrogens with one attached hydrogen (secondary N) is 3. The van der Waals surface area contributed by atoms with E-state index in [0.29, 0.717) is 32.5 Å². The number of rotatable bonds is 10. The molecule has 3 aromatic rings. The molecule has 0 unspecified atom stereocenters. The van der Waals surface area contributed by atoms with Crippen molar-refractivity contribution in [1.29, 1.82) is 0 Å². The Morgan fingerprint density at radius 1 is 1.07 bits per heavy atom. The van der Waals surface area contributed by atoms with Crippen LogP contribution in [0.2, 0.25) is 10.0 Å². The molecule has 0 atom stereocenters. The minimum Gasteiger partial charge on any atom is -0.471 e. The average molecular weight is 648 g/mol. The van der Waals surface area contributed by atoms with Gasteiger partial charge in [-0.25, -0.2) is 13.8 Å². The first-order chi connectivity index (χ1) is 20.4. The molecule has 232 valence electrons. The summed E-state index contributed by atoms with van der Waals surface area (Å²) >= 11 is 13.1. The molecule has 3 N–H and O–H groups in total. The van der Waals surface area contributed by atoms with Crippen molar-refractivity contribution in [2.45, 2.75) is 70.1 Å². The lowest BCUT2D eigenvalue weighted by molar-refractivity contribution is -0.182. The lowest BCUT2D eigenvalue weighted by Gasteiger charge is -2.30. The Labute approximate surface area is 253 Å². The fourth-order valence-corrected chi connectivity index (χ4v) is 5.66. The summed E-state index contributed by atoms with van der Waals surface area (Å²) in [4.78, 5) is 36.8. The number of fused-ring (bicyclic) bond motifs is 1. The number of imidazole rings is 1. The fourth-order valence-electron chi connectivity index (χ4n) is 5.09. The summed E-state index contributed by atoms with van der Waals surface area (Å²) < 4.78 is 70.1. The number of pyridine rings is 1. The highest BCUT2D eigenvalue weighted by Crippen LogP contribution is 2.38. The third kappa shape index (κ3) is 7.67. The predicted molar refractivity (Wildman–Crippen MR) is 148 cm³/mol. The largest absolute Gasteiger partial charge is 0.471 e. The number of hydrogen-bond donors (Lipinski definition) is 3. The van der Waals surface area contributed by atoms with Gasteiger partial charge in [-0.05, 0) is 61.8 Å². The predicted octanol–water partition coefficient (Wildman–Crippen LogP) is 6.38.